The van der Waals surface area contributed by atoms with Gasteiger partial charge in [-0.15, -0.1) is 11.3 Å². The van der Waals surface area contributed by atoms with E-state index in [4.69, 9.17) is 9.73 Å². The van der Waals surface area contributed by atoms with Crippen molar-refractivity contribution in [3.05, 3.63) is 16.1 Å². The van der Waals surface area contributed by atoms with Gasteiger partial charge in [0.25, 0.3) is 0 Å². The van der Waals surface area contributed by atoms with Crippen molar-refractivity contribution in [1.82, 2.24) is 15.2 Å². The Bertz CT molecular complexity index is 521. The second-order valence-electron chi connectivity index (χ2n) is 6.11. The van der Waals surface area contributed by atoms with Crippen LogP contribution in [0.5, 0.6) is 0 Å². The molecule has 7 heteroatoms. The highest BCUT2D eigenvalue weighted by Crippen LogP contribution is 2.35. The summed E-state index contributed by atoms with van der Waals surface area (Å²) in [5, 5.41) is 6.66. The van der Waals surface area contributed by atoms with E-state index < -0.39 is 0 Å². The van der Waals surface area contributed by atoms with E-state index in [-0.39, 0.29) is 4.75 Å². The van der Waals surface area contributed by atoms with Gasteiger partial charge >= 0.3 is 0 Å². The van der Waals surface area contributed by atoms with Crippen molar-refractivity contribution in [3.8, 4) is 0 Å². The van der Waals surface area contributed by atoms with Gasteiger partial charge in [-0.1, -0.05) is 6.92 Å². The molecular weight excluding hydrogens is 340 g/mol. The number of hydrogen-bond acceptors (Lipinski definition) is 5. The van der Waals surface area contributed by atoms with Crippen LogP contribution in [0.15, 0.2) is 10.4 Å². The van der Waals surface area contributed by atoms with Crippen LogP contribution in [0.2, 0.25) is 0 Å². The third-order valence-corrected chi connectivity index (χ3v) is 6.39. The average Bonchev–Trinajstić information content (AvgIpc) is 2.97. The maximum atomic E-state index is 5.56. The summed E-state index contributed by atoms with van der Waals surface area (Å²) in [5.74, 6) is 2.09. The zero-order valence-corrected chi connectivity index (χ0v) is 16.9. The third-order valence-electron chi connectivity index (χ3n) is 4.13. The van der Waals surface area contributed by atoms with Crippen LogP contribution >= 0.6 is 23.1 Å². The quantitative estimate of drug-likeness (QED) is 0.590. The molecule has 1 N–H and O–H groups in total. The molecule has 0 spiro atoms. The minimum absolute atomic E-state index is 0.228. The highest BCUT2D eigenvalue weighted by atomic mass is 32.2. The molecule has 2 heterocycles. The van der Waals surface area contributed by atoms with Gasteiger partial charge in [0.1, 0.15) is 0 Å². The Hall–Kier alpha value is -0.790. The first kappa shape index (κ1) is 19.5. The molecule has 0 atom stereocenters. The van der Waals surface area contributed by atoms with Crippen LogP contribution in [0, 0.1) is 6.92 Å². The molecule has 0 amide bonds. The number of nitrogens with zero attached hydrogens (tertiary/aromatic N) is 3. The lowest BCUT2D eigenvalue weighted by atomic mass is 9.99. The number of aromatic nitrogens is 1. The van der Waals surface area contributed by atoms with Gasteiger partial charge in [0, 0.05) is 36.9 Å². The number of thioether (sulfide) groups is 1. The lowest BCUT2D eigenvalue weighted by molar-refractivity contribution is 0.0793. The van der Waals surface area contributed by atoms with Crippen molar-refractivity contribution in [3.63, 3.8) is 0 Å². The van der Waals surface area contributed by atoms with E-state index in [9.17, 15) is 0 Å². The molecule has 1 aromatic rings. The zero-order valence-electron chi connectivity index (χ0n) is 15.3. The van der Waals surface area contributed by atoms with E-state index in [1.54, 1.807) is 11.3 Å². The smallest absolute Gasteiger partial charge is 0.194 e. The van der Waals surface area contributed by atoms with E-state index in [2.05, 4.69) is 41.5 Å². The molecule has 136 valence electrons. The highest BCUT2D eigenvalue weighted by molar-refractivity contribution is 8.00. The maximum absolute atomic E-state index is 5.56. The van der Waals surface area contributed by atoms with Gasteiger partial charge in [-0.05, 0) is 32.4 Å². The van der Waals surface area contributed by atoms with Crippen LogP contribution in [0.4, 0.5) is 0 Å². The summed E-state index contributed by atoms with van der Waals surface area (Å²) in [6, 6.07) is 0. The Labute approximate surface area is 154 Å². The fraction of sp³-hybridized carbons (Fsp3) is 0.765. The van der Waals surface area contributed by atoms with Crippen molar-refractivity contribution in [2.75, 3.05) is 39.1 Å². The molecule has 1 aliphatic rings. The second-order valence-corrected chi connectivity index (χ2v) is 8.91. The van der Waals surface area contributed by atoms with Gasteiger partial charge in [-0.2, -0.15) is 11.8 Å². The largest absolute Gasteiger partial charge is 0.381 e. The number of hydrogen-bond donors (Lipinski definition) is 1. The molecule has 24 heavy (non-hydrogen) atoms. The molecule has 1 fully saturated rings. The Morgan fingerprint density at radius 3 is 2.79 bits per heavy atom. The molecule has 0 saturated carbocycles. The first-order valence-corrected chi connectivity index (χ1v) is 10.6. The van der Waals surface area contributed by atoms with Crippen LogP contribution in [-0.2, 0) is 11.3 Å². The monoisotopic (exact) mass is 370 g/mol. The number of aryl methyl sites for hydroxylation is 1. The normalized spacial score (nSPS) is 17.8. The second kappa shape index (κ2) is 9.63. The fourth-order valence-corrected chi connectivity index (χ4v) is 4.71. The van der Waals surface area contributed by atoms with Gasteiger partial charge in [-0.25, -0.2) is 4.98 Å². The van der Waals surface area contributed by atoms with Crippen LogP contribution in [0.25, 0.3) is 0 Å². The number of aliphatic imine (C=N–C) groups is 1. The summed E-state index contributed by atoms with van der Waals surface area (Å²) in [6.07, 6.45) is 2.17. The number of ether oxygens (including phenoxy) is 1. The molecule has 0 aliphatic carbocycles. The van der Waals surface area contributed by atoms with E-state index in [0.717, 1.165) is 68.1 Å². The topological polar surface area (TPSA) is 49.8 Å². The van der Waals surface area contributed by atoms with Gasteiger partial charge in [-0.3, -0.25) is 4.99 Å². The van der Waals surface area contributed by atoms with E-state index in [1.165, 1.54) is 0 Å². The van der Waals surface area contributed by atoms with E-state index in [1.807, 2.05) is 18.7 Å². The Balaban J connectivity index is 2.05. The van der Waals surface area contributed by atoms with Crippen molar-refractivity contribution in [2.24, 2.45) is 4.99 Å². The summed E-state index contributed by atoms with van der Waals surface area (Å²) in [4.78, 5) is 11.7. The number of nitrogens with one attached hydrogen (secondary N) is 1. The Kier molecular flexibility index (Phi) is 7.84. The summed E-state index contributed by atoms with van der Waals surface area (Å²) >= 11 is 3.73. The van der Waals surface area contributed by atoms with Crippen LogP contribution in [0.1, 0.15) is 37.4 Å². The Morgan fingerprint density at radius 2 is 2.21 bits per heavy atom. The number of thiazole rings is 1. The first-order valence-electron chi connectivity index (χ1n) is 8.70. The van der Waals surface area contributed by atoms with Crippen LogP contribution in [-0.4, -0.2) is 59.7 Å². The van der Waals surface area contributed by atoms with Gasteiger partial charge in [0.2, 0.25) is 0 Å². The van der Waals surface area contributed by atoms with Crippen molar-refractivity contribution < 1.29 is 4.74 Å². The van der Waals surface area contributed by atoms with E-state index in [0.29, 0.717) is 0 Å². The SMILES string of the molecule is CCNC(=NCC1(SCC)CCOCC1)N(C)Cc1csc(C)n1. The molecule has 1 saturated heterocycles. The predicted molar refractivity (Wildman–Crippen MR) is 105 cm³/mol. The van der Waals surface area contributed by atoms with Crippen LogP contribution in [0.3, 0.4) is 0 Å². The molecule has 2 rings (SSSR count). The predicted octanol–water partition coefficient (Wildman–Crippen LogP) is 3.15. The summed E-state index contributed by atoms with van der Waals surface area (Å²) in [7, 11) is 2.08. The summed E-state index contributed by atoms with van der Waals surface area (Å²) in [5.41, 5.74) is 1.11. The molecule has 1 aromatic heterocycles. The number of rotatable bonds is 7. The minimum Gasteiger partial charge on any atom is -0.381 e. The fourth-order valence-electron chi connectivity index (χ4n) is 2.89. The molecule has 0 radical (unpaired) electrons. The maximum Gasteiger partial charge on any atom is 0.194 e. The number of guanidine groups is 1. The van der Waals surface area contributed by atoms with Crippen LogP contribution < -0.4 is 5.32 Å². The molecule has 0 unspecified atom stereocenters. The molecule has 5 nitrogen and oxygen atoms in total. The van der Waals surface area contributed by atoms with Crippen molar-refractivity contribution in [2.45, 2.75) is 44.9 Å². The molecular formula is C17H30N4OS2. The van der Waals surface area contributed by atoms with Gasteiger partial charge in [0.05, 0.1) is 23.8 Å². The first-order chi connectivity index (χ1) is 11.6. The summed E-state index contributed by atoms with van der Waals surface area (Å²) < 4.78 is 5.79. The van der Waals surface area contributed by atoms with Crippen molar-refractivity contribution >= 4 is 29.1 Å². The molecule has 1 aliphatic heterocycles. The molecule has 0 bridgehead atoms. The van der Waals surface area contributed by atoms with Gasteiger partial charge in [0.15, 0.2) is 5.96 Å². The van der Waals surface area contributed by atoms with E-state index >= 15 is 0 Å². The van der Waals surface area contributed by atoms with Crippen molar-refractivity contribution in [1.29, 1.82) is 0 Å². The molecule has 0 aromatic carbocycles. The summed E-state index contributed by atoms with van der Waals surface area (Å²) in [6.45, 7) is 10.6. The zero-order chi connectivity index (χ0) is 17.4. The lowest BCUT2D eigenvalue weighted by Gasteiger charge is -2.35. The average molecular weight is 371 g/mol. The Morgan fingerprint density at radius 1 is 1.46 bits per heavy atom. The standard InChI is InChI=1S/C17H30N4OS2/c1-5-18-16(21(4)11-15-12-23-14(3)20-15)19-13-17(24-6-2)7-9-22-10-8-17/h12H,5-11,13H2,1-4H3,(H,18,19). The third kappa shape index (κ3) is 5.63. The van der Waals surface area contributed by atoms with Gasteiger partial charge < -0.3 is 15.0 Å². The lowest BCUT2D eigenvalue weighted by Crippen LogP contribution is -2.41. The highest BCUT2D eigenvalue weighted by Gasteiger charge is 2.32. The minimum atomic E-state index is 0.228.